The molecule has 0 fully saturated rings. The van der Waals surface area contributed by atoms with E-state index in [0.717, 1.165) is 11.8 Å². The Hall–Kier alpha value is -2.03. The van der Waals surface area contributed by atoms with Gasteiger partial charge in [-0.25, -0.2) is 14.8 Å². The molecule has 1 heterocycles. The van der Waals surface area contributed by atoms with Crippen molar-refractivity contribution in [2.75, 3.05) is 24.3 Å². The maximum absolute atomic E-state index is 11.5. The number of carbonyl (C=O) groups excluding carboxylic acids is 2. The maximum Gasteiger partial charge on any atom is 0.329 e. The second-order valence-electron chi connectivity index (χ2n) is 3.59. The Balaban J connectivity index is 2.69. The van der Waals surface area contributed by atoms with Crippen molar-refractivity contribution in [2.24, 2.45) is 0 Å². The minimum atomic E-state index is -0.779. The molecule has 1 aromatic heterocycles. The van der Waals surface area contributed by atoms with Crippen LogP contribution in [0.4, 0.5) is 11.6 Å². The highest BCUT2D eigenvalue weighted by Crippen LogP contribution is 2.17. The van der Waals surface area contributed by atoms with Crippen LogP contribution in [0.15, 0.2) is 11.2 Å². The molecule has 8 nitrogen and oxygen atoms in total. The zero-order valence-electron chi connectivity index (χ0n) is 10.5. The number of amides is 1. The van der Waals surface area contributed by atoms with Gasteiger partial charge in [0.2, 0.25) is 5.91 Å². The summed E-state index contributed by atoms with van der Waals surface area (Å²) < 4.78 is 4.59. The van der Waals surface area contributed by atoms with Crippen LogP contribution in [0.5, 0.6) is 0 Å². The summed E-state index contributed by atoms with van der Waals surface area (Å²) in [6, 6.07) is 0.647. The van der Waals surface area contributed by atoms with Gasteiger partial charge in [-0.15, -0.1) is 0 Å². The van der Waals surface area contributed by atoms with Crippen LogP contribution in [0.1, 0.15) is 6.92 Å². The molecule has 0 radical (unpaired) electrons. The highest BCUT2D eigenvalue weighted by Gasteiger charge is 2.21. The summed E-state index contributed by atoms with van der Waals surface area (Å²) in [6.07, 6.45) is 0. The minimum Gasteiger partial charge on any atom is -0.467 e. The van der Waals surface area contributed by atoms with Crippen LogP contribution in [-0.4, -0.2) is 40.7 Å². The number of hydrogen-bond acceptors (Lipinski definition) is 8. The van der Waals surface area contributed by atoms with Crippen molar-refractivity contribution in [3.05, 3.63) is 6.07 Å². The van der Waals surface area contributed by atoms with Crippen molar-refractivity contribution in [3.63, 3.8) is 0 Å². The first-order valence-corrected chi connectivity index (χ1v) is 6.28. The monoisotopic (exact) mass is 285 g/mol. The highest BCUT2D eigenvalue weighted by molar-refractivity contribution is 7.99. The van der Waals surface area contributed by atoms with Crippen LogP contribution in [0.3, 0.4) is 0 Å². The van der Waals surface area contributed by atoms with Gasteiger partial charge in [0, 0.05) is 18.7 Å². The first-order valence-electron chi connectivity index (χ1n) is 5.30. The second kappa shape index (κ2) is 6.78. The summed E-state index contributed by atoms with van der Waals surface area (Å²) in [5.74, 6) is -0.174. The van der Waals surface area contributed by atoms with Gasteiger partial charge in [0.25, 0.3) is 0 Å². The van der Waals surface area contributed by atoms with Gasteiger partial charge in [0.1, 0.15) is 17.7 Å². The van der Waals surface area contributed by atoms with E-state index in [2.05, 4.69) is 20.0 Å². The molecule has 0 aliphatic heterocycles. The van der Waals surface area contributed by atoms with E-state index >= 15 is 0 Å². The number of hydrogen-bond donors (Lipinski definition) is 3. The van der Waals surface area contributed by atoms with Crippen LogP contribution < -0.4 is 16.8 Å². The Morgan fingerprint density at radius 2 is 2.00 bits per heavy atom. The molecule has 1 aromatic rings. The minimum absolute atomic E-state index is 0.217. The molecule has 1 atom stereocenters. The number of ether oxygens (including phenoxy) is 1. The van der Waals surface area contributed by atoms with Crippen molar-refractivity contribution in [1.29, 1.82) is 0 Å². The van der Waals surface area contributed by atoms with Gasteiger partial charge >= 0.3 is 5.97 Å². The maximum atomic E-state index is 11.5. The summed E-state index contributed by atoms with van der Waals surface area (Å²) in [5, 5.41) is 2.81. The van der Waals surface area contributed by atoms with Crippen LogP contribution >= 0.6 is 11.8 Å². The Kier molecular flexibility index (Phi) is 5.37. The number of thioether (sulfide) groups is 1. The molecule has 5 N–H and O–H groups in total. The number of nitrogen functional groups attached to an aromatic ring is 2. The molecule has 0 spiro atoms. The van der Waals surface area contributed by atoms with Crippen LogP contribution in [0.2, 0.25) is 0 Å². The third-order valence-electron chi connectivity index (χ3n) is 1.99. The van der Waals surface area contributed by atoms with E-state index in [4.69, 9.17) is 11.5 Å². The molecular formula is C10H15N5O3S. The standard InChI is InChI=1S/C10H15N5O3S/c1-5(16)13-6(9(17)18-2)4-19-10-14-7(11)3-8(12)15-10/h3,6H,4H2,1-2H3,(H,13,16)(H4,11,12,14,15). The second-order valence-corrected chi connectivity index (χ2v) is 4.57. The molecule has 104 valence electrons. The zero-order valence-corrected chi connectivity index (χ0v) is 11.4. The van der Waals surface area contributed by atoms with Gasteiger partial charge in [-0.1, -0.05) is 11.8 Å². The average Bonchev–Trinajstić information content (AvgIpc) is 2.31. The van der Waals surface area contributed by atoms with Crippen molar-refractivity contribution in [1.82, 2.24) is 15.3 Å². The Morgan fingerprint density at radius 3 is 2.47 bits per heavy atom. The van der Waals surface area contributed by atoms with Crippen molar-refractivity contribution in [3.8, 4) is 0 Å². The molecule has 0 aromatic carbocycles. The average molecular weight is 285 g/mol. The van der Waals surface area contributed by atoms with Gasteiger partial charge in [-0.05, 0) is 0 Å². The fraction of sp³-hybridized carbons (Fsp3) is 0.400. The molecule has 0 bridgehead atoms. The topological polar surface area (TPSA) is 133 Å². The van der Waals surface area contributed by atoms with E-state index in [1.54, 1.807) is 0 Å². The smallest absolute Gasteiger partial charge is 0.329 e. The number of carbonyl (C=O) groups is 2. The summed E-state index contributed by atoms with van der Waals surface area (Å²) in [4.78, 5) is 30.4. The number of anilines is 2. The third-order valence-corrected chi connectivity index (χ3v) is 2.93. The molecule has 9 heteroatoms. The molecule has 0 saturated carbocycles. The third kappa shape index (κ3) is 5.00. The lowest BCUT2D eigenvalue weighted by atomic mass is 10.3. The number of rotatable bonds is 5. The number of aromatic nitrogens is 2. The lowest BCUT2D eigenvalue weighted by Gasteiger charge is -2.14. The first-order chi connectivity index (χ1) is 8.92. The van der Waals surface area contributed by atoms with E-state index in [1.807, 2.05) is 0 Å². The van der Waals surface area contributed by atoms with Gasteiger partial charge in [0.05, 0.1) is 7.11 Å². The van der Waals surface area contributed by atoms with Crippen molar-refractivity contribution in [2.45, 2.75) is 18.1 Å². The van der Waals surface area contributed by atoms with E-state index in [0.29, 0.717) is 5.16 Å². The molecule has 0 aliphatic rings. The molecule has 1 rings (SSSR count). The van der Waals surface area contributed by atoms with E-state index in [1.165, 1.54) is 20.1 Å². The number of nitrogens with one attached hydrogen (secondary N) is 1. The first kappa shape index (κ1) is 15.0. The van der Waals surface area contributed by atoms with Crippen molar-refractivity contribution >= 4 is 35.3 Å². The van der Waals surface area contributed by atoms with Crippen molar-refractivity contribution < 1.29 is 14.3 Å². The predicted molar refractivity (Wildman–Crippen MR) is 71.2 cm³/mol. The fourth-order valence-corrected chi connectivity index (χ4v) is 2.12. The SMILES string of the molecule is COC(=O)C(CSc1nc(N)cc(N)n1)NC(C)=O. The van der Waals surface area contributed by atoms with Crippen LogP contribution in [0, 0.1) is 0 Å². The van der Waals surface area contributed by atoms with Gasteiger partial charge in [0.15, 0.2) is 5.16 Å². The van der Waals surface area contributed by atoms with E-state index in [-0.39, 0.29) is 23.3 Å². The molecule has 1 amide bonds. The Bertz CT molecular complexity index is 462. The fourth-order valence-electron chi connectivity index (χ4n) is 1.24. The van der Waals surface area contributed by atoms with Gasteiger partial charge in [-0.2, -0.15) is 0 Å². The summed E-state index contributed by atoms with van der Waals surface area (Å²) in [5.41, 5.74) is 11.1. The Morgan fingerprint density at radius 1 is 1.42 bits per heavy atom. The van der Waals surface area contributed by atoms with Gasteiger partial charge in [-0.3, -0.25) is 4.79 Å². The summed E-state index contributed by atoms with van der Waals surface area (Å²) in [6.45, 7) is 1.32. The highest BCUT2D eigenvalue weighted by atomic mass is 32.2. The molecule has 1 unspecified atom stereocenters. The molecule has 0 saturated heterocycles. The number of esters is 1. The summed E-state index contributed by atoms with van der Waals surface area (Å²) >= 11 is 1.14. The summed E-state index contributed by atoms with van der Waals surface area (Å²) in [7, 11) is 1.25. The lowest BCUT2D eigenvalue weighted by Crippen LogP contribution is -2.42. The lowest BCUT2D eigenvalue weighted by molar-refractivity contribution is -0.144. The number of nitrogens with two attached hydrogens (primary N) is 2. The number of nitrogens with zero attached hydrogens (tertiary/aromatic N) is 2. The predicted octanol–water partition coefficient (Wildman–Crippen LogP) is -0.589. The molecule has 0 aliphatic carbocycles. The number of methoxy groups -OCH3 is 1. The van der Waals surface area contributed by atoms with Crippen LogP contribution in [-0.2, 0) is 14.3 Å². The van der Waals surface area contributed by atoms with E-state index in [9.17, 15) is 9.59 Å². The normalized spacial score (nSPS) is 11.7. The Labute approximate surface area is 114 Å². The quantitative estimate of drug-likeness (QED) is 0.371. The molecular weight excluding hydrogens is 270 g/mol. The van der Waals surface area contributed by atoms with Gasteiger partial charge < -0.3 is 21.5 Å². The zero-order chi connectivity index (χ0) is 14.4. The largest absolute Gasteiger partial charge is 0.467 e. The molecule has 19 heavy (non-hydrogen) atoms. The van der Waals surface area contributed by atoms with E-state index < -0.39 is 12.0 Å². The van der Waals surface area contributed by atoms with Crippen LogP contribution in [0.25, 0.3) is 0 Å².